The second-order valence-electron chi connectivity index (χ2n) is 4.74. The molecule has 0 saturated heterocycles. The van der Waals surface area contributed by atoms with E-state index in [-0.39, 0.29) is 23.8 Å². The van der Waals surface area contributed by atoms with Crippen LogP contribution in [0.4, 0.5) is 0 Å². The lowest BCUT2D eigenvalue weighted by Crippen LogP contribution is -2.06. The summed E-state index contributed by atoms with van der Waals surface area (Å²) in [5.41, 5.74) is 1.74. The molecule has 118 valence electrons. The first kappa shape index (κ1) is 15.7. The Morgan fingerprint density at radius 2 is 2.30 bits per heavy atom. The van der Waals surface area contributed by atoms with Gasteiger partial charge in [0.2, 0.25) is 5.82 Å². The van der Waals surface area contributed by atoms with Crippen LogP contribution in [0.5, 0.6) is 5.75 Å². The van der Waals surface area contributed by atoms with Crippen molar-refractivity contribution < 1.29 is 19.2 Å². The molecule has 6 nitrogen and oxygen atoms in total. The summed E-state index contributed by atoms with van der Waals surface area (Å²) in [6.45, 7) is 1.65. The number of thiophene rings is 1. The Bertz CT molecular complexity index is 845. The molecular weight excluding hydrogens is 384 g/mol. The zero-order chi connectivity index (χ0) is 16.4. The highest BCUT2D eigenvalue weighted by Gasteiger charge is 2.17. The molecule has 0 amide bonds. The number of aromatic hydroxyl groups is 1. The maximum absolute atomic E-state index is 12.1. The molecule has 0 unspecified atom stereocenters. The highest BCUT2D eigenvalue weighted by atomic mass is 79.9. The number of benzene rings is 1. The molecule has 0 aliphatic rings. The smallest absolute Gasteiger partial charge is 0.342 e. The summed E-state index contributed by atoms with van der Waals surface area (Å²) in [5.74, 6) is -0.198. The first-order valence-electron chi connectivity index (χ1n) is 6.56. The Labute approximate surface area is 143 Å². The molecule has 0 saturated carbocycles. The summed E-state index contributed by atoms with van der Waals surface area (Å²) in [5, 5.41) is 17.5. The Hall–Kier alpha value is -2.19. The highest BCUT2D eigenvalue weighted by Crippen LogP contribution is 2.30. The Balaban J connectivity index is 1.70. The number of aromatic nitrogens is 2. The normalized spacial score (nSPS) is 10.7. The fourth-order valence-electron chi connectivity index (χ4n) is 1.92. The molecule has 0 atom stereocenters. The number of hydrogen-bond acceptors (Lipinski definition) is 7. The summed E-state index contributed by atoms with van der Waals surface area (Å²) in [4.78, 5) is 16.2. The number of esters is 1. The van der Waals surface area contributed by atoms with Gasteiger partial charge in [-0.1, -0.05) is 5.16 Å². The summed E-state index contributed by atoms with van der Waals surface area (Å²) in [6.07, 6.45) is 0. The van der Waals surface area contributed by atoms with Crippen LogP contribution in [0.15, 0.2) is 38.0 Å². The van der Waals surface area contributed by atoms with Crippen LogP contribution in [-0.2, 0) is 11.3 Å². The van der Waals surface area contributed by atoms with Crippen LogP contribution in [-0.4, -0.2) is 21.2 Å². The number of hydrogen-bond donors (Lipinski definition) is 1. The highest BCUT2D eigenvalue weighted by molar-refractivity contribution is 9.10. The quantitative estimate of drug-likeness (QED) is 0.674. The van der Waals surface area contributed by atoms with Gasteiger partial charge in [-0.2, -0.15) is 16.3 Å². The average Bonchev–Trinajstić information content (AvgIpc) is 3.18. The molecule has 3 aromatic rings. The van der Waals surface area contributed by atoms with Crippen molar-refractivity contribution in [1.29, 1.82) is 0 Å². The van der Waals surface area contributed by atoms with Crippen LogP contribution in [0.2, 0.25) is 0 Å². The van der Waals surface area contributed by atoms with Gasteiger partial charge in [0.05, 0.1) is 4.47 Å². The van der Waals surface area contributed by atoms with E-state index in [1.165, 1.54) is 11.3 Å². The number of phenolic OH excluding ortho intramolecular Hbond substituents is 1. The molecule has 0 aliphatic heterocycles. The lowest BCUT2D eigenvalue weighted by atomic mass is 10.1. The molecule has 2 heterocycles. The van der Waals surface area contributed by atoms with E-state index in [1.54, 1.807) is 12.1 Å². The van der Waals surface area contributed by atoms with Crippen LogP contribution < -0.4 is 0 Å². The second-order valence-corrected chi connectivity index (χ2v) is 6.38. The third kappa shape index (κ3) is 3.43. The second kappa shape index (κ2) is 6.51. The van der Waals surface area contributed by atoms with Crippen molar-refractivity contribution in [2.45, 2.75) is 13.5 Å². The number of phenols is 1. The third-order valence-corrected chi connectivity index (χ3v) is 4.29. The summed E-state index contributed by atoms with van der Waals surface area (Å²) >= 11 is 4.71. The summed E-state index contributed by atoms with van der Waals surface area (Å²) in [7, 11) is 0. The molecule has 3 rings (SSSR count). The predicted molar refractivity (Wildman–Crippen MR) is 87.3 cm³/mol. The Morgan fingerprint density at radius 3 is 3.04 bits per heavy atom. The van der Waals surface area contributed by atoms with Gasteiger partial charge in [-0.05, 0) is 52.0 Å². The van der Waals surface area contributed by atoms with E-state index in [2.05, 4.69) is 26.1 Å². The van der Waals surface area contributed by atoms with Crippen molar-refractivity contribution in [2.75, 3.05) is 0 Å². The van der Waals surface area contributed by atoms with Crippen molar-refractivity contribution in [3.8, 4) is 17.1 Å². The summed E-state index contributed by atoms with van der Waals surface area (Å²) in [6, 6.07) is 5.12. The minimum Gasteiger partial charge on any atom is -0.506 e. The number of carbonyl (C=O) groups excluding carboxylic acids is 1. The van der Waals surface area contributed by atoms with Crippen LogP contribution in [0, 0.1) is 6.92 Å². The lowest BCUT2D eigenvalue weighted by molar-refractivity contribution is 0.0426. The first-order valence-corrected chi connectivity index (χ1v) is 8.29. The molecule has 8 heteroatoms. The minimum absolute atomic E-state index is 0.0782. The predicted octanol–water partition coefficient (Wildman–Crippen LogP) is 3.93. The van der Waals surface area contributed by atoms with Gasteiger partial charge in [-0.3, -0.25) is 0 Å². The first-order chi connectivity index (χ1) is 11.0. The SMILES string of the molecule is Cc1cc(Br)c(O)c(C(=O)OCc2nc(-c3ccsc3)no2)c1. The van der Waals surface area contributed by atoms with Gasteiger partial charge in [0.15, 0.2) is 6.61 Å². The maximum atomic E-state index is 12.1. The topological polar surface area (TPSA) is 85.5 Å². The molecule has 1 N–H and O–H groups in total. The third-order valence-electron chi connectivity index (χ3n) is 3.00. The Morgan fingerprint density at radius 1 is 1.48 bits per heavy atom. The fourth-order valence-corrected chi connectivity index (χ4v) is 3.13. The largest absolute Gasteiger partial charge is 0.506 e. The van der Waals surface area contributed by atoms with Crippen molar-refractivity contribution in [2.24, 2.45) is 0 Å². The van der Waals surface area contributed by atoms with E-state index >= 15 is 0 Å². The van der Waals surface area contributed by atoms with Crippen molar-refractivity contribution in [1.82, 2.24) is 10.1 Å². The average molecular weight is 395 g/mol. The molecule has 0 spiro atoms. The van der Waals surface area contributed by atoms with Gasteiger partial charge in [-0.25, -0.2) is 4.79 Å². The summed E-state index contributed by atoms with van der Waals surface area (Å²) < 4.78 is 10.6. The molecule has 0 radical (unpaired) electrons. The maximum Gasteiger partial charge on any atom is 0.342 e. The van der Waals surface area contributed by atoms with Crippen molar-refractivity contribution in [3.63, 3.8) is 0 Å². The van der Waals surface area contributed by atoms with Crippen LogP contribution in [0.25, 0.3) is 11.4 Å². The van der Waals surface area contributed by atoms with Gasteiger partial charge >= 0.3 is 5.97 Å². The number of aryl methyl sites for hydroxylation is 1. The molecule has 23 heavy (non-hydrogen) atoms. The molecule has 0 bridgehead atoms. The molecular formula is C15H11BrN2O4S. The Kier molecular flexibility index (Phi) is 4.44. The molecule has 2 aromatic heterocycles. The minimum atomic E-state index is -0.665. The zero-order valence-corrected chi connectivity index (χ0v) is 14.3. The van der Waals surface area contributed by atoms with E-state index < -0.39 is 5.97 Å². The molecule has 0 fully saturated rings. The number of carbonyl (C=O) groups is 1. The van der Waals surface area contributed by atoms with Gasteiger partial charge in [0, 0.05) is 10.9 Å². The van der Waals surface area contributed by atoms with E-state index in [0.29, 0.717) is 10.3 Å². The van der Waals surface area contributed by atoms with Crippen LogP contribution in [0.1, 0.15) is 21.8 Å². The standard InChI is InChI=1S/C15H11BrN2O4S/c1-8-4-10(13(19)11(16)5-8)15(20)21-6-12-17-14(18-22-12)9-2-3-23-7-9/h2-5,7,19H,6H2,1H3. The lowest BCUT2D eigenvalue weighted by Gasteiger charge is -2.07. The van der Waals surface area contributed by atoms with Crippen molar-refractivity contribution >= 4 is 33.2 Å². The molecule has 1 aromatic carbocycles. The van der Waals surface area contributed by atoms with Gasteiger partial charge in [0.1, 0.15) is 11.3 Å². The number of halogens is 1. The van der Waals surface area contributed by atoms with Gasteiger partial charge in [0.25, 0.3) is 5.89 Å². The number of nitrogens with zero attached hydrogens (tertiary/aromatic N) is 2. The van der Waals surface area contributed by atoms with E-state index in [9.17, 15) is 9.90 Å². The van der Waals surface area contributed by atoms with Gasteiger partial charge in [-0.15, -0.1) is 0 Å². The number of ether oxygens (including phenoxy) is 1. The van der Waals surface area contributed by atoms with E-state index in [4.69, 9.17) is 9.26 Å². The van der Waals surface area contributed by atoms with E-state index in [1.807, 2.05) is 23.8 Å². The fraction of sp³-hybridized carbons (Fsp3) is 0.133. The van der Waals surface area contributed by atoms with Gasteiger partial charge < -0.3 is 14.4 Å². The monoisotopic (exact) mass is 394 g/mol. The zero-order valence-electron chi connectivity index (χ0n) is 11.9. The van der Waals surface area contributed by atoms with Crippen LogP contribution in [0.3, 0.4) is 0 Å². The van der Waals surface area contributed by atoms with Crippen LogP contribution >= 0.6 is 27.3 Å². The van der Waals surface area contributed by atoms with Crippen molar-refractivity contribution in [3.05, 3.63) is 50.4 Å². The molecule has 0 aliphatic carbocycles. The van der Waals surface area contributed by atoms with E-state index in [0.717, 1.165) is 11.1 Å². The number of rotatable bonds is 4.